The van der Waals surface area contributed by atoms with Gasteiger partial charge in [0.25, 0.3) is 0 Å². The maximum atomic E-state index is 9.14. The van der Waals surface area contributed by atoms with E-state index in [0.29, 0.717) is 5.56 Å². The lowest BCUT2D eigenvalue weighted by Gasteiger charge is -2.02. The van der Waals surface area contributed by atoms with Crippen molar-refractivity contribution in [3.63, 3.8) is 0 Å². The minimum absolute atomic E-state index is 0.00954. The van der Waals surface area contributed by atoms with Crippen molar-refractivity contribution in [3.8, 4) is 11.5 Å². The van der Waals surface area contributed by atoms with E-state index in [-0.39, 0.29) is 23.1 Å². The largest absolute Gasteiger partial charge is 0.508 e. The third kappa shape index (κ3) is 1.56. The minimum atomic E-state index is -0.0649. The molecule has 1 aromatic rings. The van der Waals surface area contributed by atoms with Crippen LogP contribution in [0.4, 0.5) is 0 Å². The maximum Gasteiger partial charge on any atom is 0.134 e. The van der Waals surface area contributed by atoms with Gasteiger partial charge in [-0.3, -0.25) is 0 Å². The summed E-state index contributed by atoms with van der Waals surface area (Å²) in [5.41, 5.74) is 5.73. The molecule has 0 aliphatic carbocycles. The standard InChI is InChI=1S/C7H8ClNO2/c8-5-2-6(10)4(3-9)1-7(5)11/h1-2,10-11H,3,9H2. The zero-order valence-corrected chi connectivity index (χ0v) is 6.47. The number of nitrogens with two attached hydrogens (primary N) is 1. The molecular weight excluding hydrogens is 166 g/mol. The van der Waals surface area contributed by atoms with E-state index < -0.39 is 0 Å². The molecule has 1 aromatic carbocycles. The Labute approximate surface area is 69.0 Å². The molecule has 0 spiro atoms. The first-order chi connectivity index (χ1) is 5.15. The van der Waals surface area contributed by atoms with Crippen LogP contribution in [-0.4, -0.2) is 10.2 Å². The van der Waals surface area contributed by atoms with E-state index in [1.165, 1.54) is 12.1 Å². The van der Waals surface area contributed by atoms with Gasteiger partial charge in [0.15, 0.2) is 0 Å². The predicted octanol–water partition coefficient (Wildman–Crippen LogP) is 1.21. The monoisotopic (exact) mass is 173 g/mol. The van der Waals surface area contributed by atoms with Crippen LogP contribution < -0.4 is 5.73 Å². The summed E-state index contributed by atoms with van der Waals surface area (Å²) in [4.78, 5) is 0. The Balaban J connectivity index is 3.21. The van der Waals surface area contributed by atoms with Crippen molar-refractivity contribution < 1.29 is 10.2 Å². The first-order valence-electron chi connectivity index (χ1n) is 3.05. The van der Waals surface area contributed by atoms with E-state index in [4.69, 9.17) is 27.5 Å². The van der Waals surface area contributed by atoms with E-state index in [1.54, 1.807) is 0 Å². The van der Waals surface area contributed by atoms with Gasteiger partial charge in [-0.15, -0.1) is 0 Å². The molecule has 0 saturated carbocycles. The fraction of sp³-hybridized carbons (Fsp3) is 0.143. The van der Waals surface area contributed by atoms with E-state index in [0.717, 1.165) is 0 Å². The van der Waals surface area contributed by atoms with Crippen molar-refractivity contribution in [1.29, 1.82) is 0 Å². The van der Waals surface area contributed by atoms with Gasteiger partial charge in [-0.25, -0.2) is 0 Å². The Kier molecular flexibility index (Phi) is 2.22. The molecule has 0 heterocycles. The molecule has 0 amide bonds. The second-order valence-corrected chi connectivity index (χ2v) is 2.54. The van der Waals surface area contributed by atoms with Crippen molar-refractivity contribution in [3.05, 3.63) is 22.7 Å². The Morgan fingerprint density at radius 2 is 1.91 bits per heavy atom. The summed E-state index contributed by atoms with van der Waals surface area (Å²) < 4.78 is 0. The number of rotatable bonds is 1. The quantitative estimate of drug-likeness (QED) is 0.560. The van der Waals surface area contributed by atoms with Crippen LogP contribution in [0.25, 0.3) is 0 Å². The van der Waals surface area contributed by atoms with Crippen molar-refractivity contribution >= 4 is 11.6 Å². The molecule has 0 aliphatic heterocycles. The third-order valence-electron chi connectivity index (χ3n) is 1.37. The molecule has 4 N–H and O–H groups in total. The van der Waals surface area contributed by atoms with Crippen LogP contribution >= 0.6 is 11.6 Å². The smallest absolute Gasteiger partial charge is 0.134 e. The summed E-state index contributed by atoms with van der Waals surface area (Å²) in [5.74, 6) is -0.0554. The van der Waals surface area contributed by atoms with Gasteiger partial charge in [-0.05, 0) is 6.07 Å². The molecule has 4 heteroatoms. The Morgan fingerprint density at radius 3 is 2.45 bits per heavy atom. The zero-order valence-electron chi connectivity index (χ0n) is 5.71. The second-order valence-electron chi connectivity index (χ2n) is 2.14. The van der Waals surface area contributed by atoms with Gasteiger partial charge >= 0.3 is 0 Å². The molecule has 0 bridgehead atoms. The summed E-state index contributed by atoms with van der Waals surface area (Å²) in [5, 5.41) is 18.3. The van der Waals surface area contributed by atoms with E-state index >= 15 is 0 Å². The van der Waals surface area contributed by atoms with Gasteiger partial charge in [-0.2, -0.15) is 0 Å². The molecule has 0 aromatic heterocycles. The number of halogens is 1. The maximum absolute atomic E-state index is 9.14. The lowest BCUT2D eigenvalue weighted by Crippen LogP contribution is -1.96. The van der Waals surface area contributed by atoms with Crippen molar-refractivity contribution in [2.75, 3.05) is 0 Å². The summed E-state index contributed by atoms with van der Waals surface area (Å²) in [6.45, 7) is 0.177. The summed E-state index contributed by atoms with van der Waals surface area (Å²) in [6, 6.07) is 2.61. The molecule has 0 unspecified atom stereocenters. The fourth-order valence-electron chi connectivity index (χ4n) is 0.758. The molecule has 60 valence electrons. The number of phenols is 2. The van der Waals surface area contributed by atoms with Gasteiger partial charge in [0.05, 0.1) is 5.02 Å². The number of hydrogen-bond donors (Lipinski definition) is 3. The number of hydrogen-bond acceptors (Lipinski definition) is 3. The Hall–Kier alpha value is -0.930. The average Bonchev–Trinajstić information content (AvgIpc) is 1.97. The number of phenolic OH excluding ortho intramolecular Hbond substituents is 2. The van der Waals surface area contributed by atoms with Crippen LogP contribution in [0.1, 0.15) is 5.56 Å². The minimum Gasteiger partial charge on any atom is -0.508 e. The molecule has 1 rings (SSSR count). The van der Waals surface area contributed by atoms with Crippen LogP contribution in [0.2, 0.25) is 5.02 Å². The van der Waals surface area contributed by atoms with Gasteiger partial charge < -0.3 is 15.9 Å². The van der Waals surface area contributed by atoms with E-state index in [9.17, 15) is 0 Å². The summed E-state index contributed by atoms with van der Waals surface area (Å²) >= 11 is 5.49. The van der Waals surface area contributed by atoms with Crippen LogP contribution in [0.15, 0.2) is 12.1 Å². The lowest BCUT2D eigenvalue weighted by molar-refractivity contribution is 0.454. The zero-order chi connectivity index (χ0) is 8.43. The third-order valence-corrected chi connectivity index (χ3v) is 1.67. The van der Waals surface area contributed by atoms with E-state index in [2.05, 4.69) is 0 Å². The Bertz CT molecular complexity index is 275. The highest BCUT2D eigenvalue weighted by Gasteiger charge is 2.04. The summed E-state index contributed by atoms with van der Waals surface area (Å²) in [6.07, 6.45) is 0. The van der Waals surface area contributed by atoms with Crippen LogP contribution in [0.3, 0.4) is 0 Å². The topological polar surface area (TPSA) is 66.5 Å². The molecule has 0 atom stereocenters. The second kappa shape index (κ2) is 2.98. The first-order valence-corrected chi connectivity index (χ1v) is 3.43. The molecule has 0 aliphatic rings. The SMILES string of the molecule is NCc1cc(O)c(Cl)cc1O. The molecule has 11 heavy (non-hydrogen) atoms. The fourth-order valence-corrected chi connectivity index (χ4v) is 0.916. The van der Waals surface area contributed by atoms with Crippen molar-refractivity contribution in [1.82, 2.24) is 0 Å². The molecular formula is C7H8ClNO2. The van der Waals surface area contributed by atoms with Gasteiger partial charge in [0.1, 0.15) is 11.5 Å². The Morgan fingerprint density at radius 1 is 1.27 bits per heavy atom. The molecule has 0 radical (unpaired) electrons. The molecule has 0 fully saturated rings. The number of benzene rings is 1. The van der Waals surface area contributed by atoms with Crippen molar-refractivity contribution in [2.24, 2.45) is 5.73 Å². The molecule has 3 nitrogen and oxygen atoms in total. The van der Waals surface area contributed by atoms with Gasteiger partial charge in [-0.1, -0.05) is 11.6 Å². The van der Waals surface area contributed by atoms with Crippen LogP contribution in [0, 0.1) is 0 Å². The first kappa shape index (κ1) is 8.17. The predicted molar refractivity (Wildman–Crippen MR) is 42.7 cm³/mol. The average molecular weight is 174 g/mol. The van der Waals surface area contributed by atoms with Crippen LogP contribution in [-0.2, 0) is 6.54 Å². The van der Waals surface area contributed by atoms with Gasteiger partial charge in [0, 0.05) is 18.2 Å². The van der Waals surface area contributed by atoms with Crippen LogP contribution in [0.5, 0.6) is 11.5 Å². The number of aromatic hydroxyl groups is 2. The van der Waals surface area contributed by atoms with E-state index in [1.807, 2.05) is 0 Å². The lowest BCUT2D eigenvalue weighted by atomic mass is 10.2. The highest BCUT2D eigenvalue weighted by Crippen LogP contribution is 2.30. The normalized spacial score (nSPS) is 10.0. The highest BCUT2D eigenvalue weighted by molar-refractivity contribution is 6.32. The molecule has 0 saturated heterocycles. The van der Waals surface area contributed by atoms with Gasteiger partial charge in [0.2, 0.25) is 0 Å². The van der Waals surface area contributed by atoms with Crippen molar-refractivity contribution in [2.45, 2.75) is 6.54 Å². The summed E-state index contributed by atoms with van der Waals surface area (Å²) in [7, 11) is 0. The highest BCUT2D eigenvalue weighted by atomic mass is 35.5.